The summed E-state index contributed by atoms with van der Waals surface area (Å²) in [7, 11) is 0. The molecule has 0 saturated carbocycles. The zero-order valence-corrected chi connectivity index (χ0v) is 14.4. The van der Waals surface area contributed by atoms with E-state index in [2.05, 4.69) is 5.32 Å². The summed E-state index contributed by atoms with van der Waals surface area (Å²) in [5, 5.41) is 12.0. The van der Waals surface area contributed by atoms with Gasteiger partial charge in [0, 0.05) is 11.4 Å². The first-order valence-electron chi connectivity index (χ1n) is 8.32. The van der Waals surface area contributed by atoms with Gasteiger partial charge in [-0.1, -0.05) is 0 Å². The highest BCUT2D eigenvalue weighted by atomic mass is 19.1. The van der Waals surface area contributed by atoms with E-state index in [-0.39, 0.29) is 11.4 Å². The number of carbonyl (C=O) groups is 1. The highest BCUT2D eigenvalue weighted by molar-refractivity contribution is 5.87. The van der Waals surface area contributed by atoms with Gasteiger partial charge in [0.15, 0.2) is 0 Å². The fraction of sp³-hybridized carbons (Fsp3) is 0.0952. The van der Waals surface area contributed by atoms with Crippen LogP contribution in [0.1, 0.15) is 10.4 Å². The van der Waals surface area contributed by atoms with Crippen LogP contribution < -0.4 is 14.8 Å². The van der Waals surface area contributed by atoms with Crippen molar-refractivity contribution in [3.05, 3.63) is 84.2 Å². The Kier molecular flexibility index (Phi) is 5.89. The van der Waals surface area contributed by atoms with E-state index in [1.54, 1.807) is 24.3 Å². The minimum atomic E-state index is -0.970. The van der Waals surface area contributed by atoms with Crippen LogP contribution >= 0.6 is 0 Å². The van der Waals surface area contributed by atoms with Gasteiger partial charge >= 0.3 is 5.97 Å². The lowest BCUT2D eigenvalue weighted by Gasteiger charge is -2.10. The van der Waals surface area contributed by atoms with Crippen molar-refractivity contribution in [3.63, 3.8) is 0 Å². The van der Waals surface area contributed by atoms with Crippen molar-refractivity contribution in [2.45, 2.75) is 0 Å². The minimum absolute atomic E-state index is 0.216. The summed E-state index contributed by atoms with van der Waals surface area (Å²) in [5.41, 5.74) is 1.88. The molecule has 3 rings (SSSR count). The lowest BCUT2D eigenvalue weighted by molar-refractivity contribution is 0.0697. The van der Waals surface area contributed by atoms with Gasteiger partial charge in [0.05, 0.1) is 5.56 Å². The zero-order valence-electron chi connectivity index (χ0n) is 14.4. The quantitative estimate of drug-likeness (QED) is 0.564. The maximum Gasteiger partial charge on any atom is 0.335 e. The molecule has 3 aromatic carbocycles. The van der Waals surface area contributed by atoms with Crippen LogP contribution in [-0.4, -0.2) is 24.3 Å². The number of rotatable bonds is 8. The van der Waals surface area contributed by atoms with E-state index in [1.807, 2.05) is 24.3 Å². The van der Waals surface area contributed by atoms with E-state index in [0.29, 0.717) is 24.7 Å². The van der Waals surface area contributed by atoms with Gasteiger partial charge in [-0.3, -0.25) is 0 Å². The summed E-state index contributed by atoms with van der Waals surface area (Å²) in [6, 6.07) is 19.7. The number of ether oxygens (including phenoxy) is 2. The number of aromatic carboxylic acids is 1. The summed E-state index contributed by atoms with van der Waals surface area (Å²) in [6.45, 7) is 0.688. The normalized spacial score (nSPS) is 10.3. The monoisotopic (exact) mass is 367 g/mol. The lowest BCUT2D eigenvalue weighted by atomic mass is 10.2. The molecule has 0 saturated heterocycles. The van der Waals surface area contributed by atoms with Gasteiger partial charge < -0.3 is 19.9 Å². The van der Waals surface area contributed by atoms with E-state index in [1.165, 1.54) is 24.3 Å². The van der Waals surface area contributed by atoms with Gasteiger partial charge in [0.1, 0.15) is 30.5 Å². The highest BCUT2D eigenvalue weighted by Gasteiger charge is 2.02. The maximum absolute atomic E-state index is 12.9. The van der Waals surface area contributed by atoms with Crippen molar-refractivity contribution in [1.29, 1.82) is 0 Å². The lowest BCUT2D eigenvalue weighted by Crippen LogP contribution is -2.09. The first-order valence-corrected chi connectivity index (χ1v) is 8.32. The van der Waals surface area contributed by atoms with Gasteiger partial charge in [-0.15, -0.1) is 0 Å². The van der Waals surface area contributed by atoms with E-state index >= 15 is 0 Å². The van der Waals surface area contributed by atoms with Crippen molar-refractivity contribution >= 4 is 17.3 Å². The number of carboxylic acids is 1. The van der Waals surface area contributed by atoms with Crippen LogP contribution in [0.3, 0.4) is 0 Å². The topological polar surface area (TPSA) is 67.8 Å². The van der Waals surface area contributed by atoms with Gasteiger partial charge in [0.25, 0.3) is 0 Å². The van der Waals surface area contributed by atoms with Crippen LogP contribution in [-0.2, 0) is 0 Å². The number of carboxylic acid groups (broad SMARTS) is 1. The third-order valence-electron chi connectivity index (χ3n) is 3.71. The number of nitrogens with one attached hydrogen (secondary N) is 1. The molecule has 0 aliphatic carbocycles. The van der Waals surface area contributed by atoms with Crippen molar-refractivity contribution < 1.29 is 23.8 Å². The summed E-state index contributed by atoms with van der Waals surface area (Å²) in [5.74, 6) is 0.0403. The Balaban J connectivity index is 1.43. The molecule has 0 bridgehead atoms. The van der Waals surface area contributed by atoms with Gasteiger partial charge in [0.2, 0.25) is 0 Å². The van der Waals surface area contributed by atoms with Gasteiger partial charge in [-0.25, -0.2) is 9.18 Å². The Labute approximate surface area is 156 Å². The second kappa shape index (κ2) is 8.71. The molecule has 0 atom stereocenters. The molecule has 3 aromatic rings. The highest BCUT2D eigenvalue weighted by Crippen LogP contribution is 2.20. The Morgan fingerprint density at radius 3 is 1.70 bits per heavy atom. The molecule has 2 N–H and O–H groups in total. The molecule has 27 heavy (non-hydrogen) atoms. The third kappa shape index (κ3) is 5.47. The standard InChI is InChI=1S/C21H18FNO4/c22-16-3-5-17(6-4-16)23-18-7-11-20(12-8-18)27-14-13-26-19-9-1-15(2-10-19)21(24)25/h1-12,23H,13-14H2,(H,24,25). The zero-order chi connectivity index (χ0) is 19.1. The Hall–Kier alpha value is -3.54. The molecular formula is C21H18FNO4. The van der Waals surface area contributed by atoms with E-state index < -0.39 is 5.97 Å². The average Bonchev–Trinajstić information content (AvgIpc) is 2.68. The van der Waals surface area contributed by atoms with E-state index in [0.717, 1.165) is 11.4 Å². The van der Waals surface area contributed by atoms with Crippen LogP contribution in [0.5, 0.6) is 11.5 Å². The number of hydrogen-bond acceptors (Lipinski definition) is 4. The van der Waals surface area contributed by atoms with Crippen LogP contribution in [0.25, 0.3) is 0 Å². The average molecular weight is 367 g/mol. The molecule has 138 valence electrons. The largest absolute Gasteiger partial charge is 0.490 e. The van der Waals surface area contributed by atoms with Crippen molar-refractivity contribution in [2.75, 3.05) is 18.5 Å². The van der Waals surface area contributed by atoms with Crippen molar-refractivity contribution in [3.8, 4) is 11.5 Å². The summed E-state index contributed by atoms with van der Waals surface area (Å²) < 4.78 is 24.0. The molecule has 0 fully saturated rings. The molecule has 0 aliphatic rings. The minimum Gasteiger partial charge on any atom is -0.490 e. The Bertz CT molecular complexity index is 878. The Morgan fingerprint density at radius 2 is 1.22 bits per heavy atom. The van der Waals surface area contributed by atoms with Crippen molar-refractivity contribution in [2.24, 2.45) is 0 Å². The molecule has 5 nitrogen and oxygen atoms in total. The van der Waals surface area contributed by atoms with Crippen LogP contribution in [0, 0.1) is 5.82 Å². The smallest absolute Gasteiger partial charge is 0.335 e. The number of anilines is 2. The molecule has 0 spiro atoms. The molecule has 0 aliphatic heterocycles. The number of halogens is 1. The second-order valence-electron chi connectivity index (χ2n) is 5.68. The molecule has 0 unspecified atom stereocenters. The van der Waals surface area contributed by atoms with Crippen LogP contribution in [0.4, 0.5) is 15.8 Å². The predicted molar refractivity (Wildman–Crippen MR) is 101 cm³/mol. The first kappa shape index (κ1) is 18.3. The molecule has 0 amide bonds. The van der Waals surface area contributed by atoms with Gasteiger partial charge in [-0.2, -0.15) is 0 Å². The second-order valence-corrected chi connectivity index (χ2v) is 5.68. The number of hydrogen-bond donors (Lipinski definition) is 2. The fourth-order valence-corrected chi connectivity index (χ4v) is 2.35. The molecular weight excluding hydrogens is 349 g/mol. The van der Waals surface area contributed by atoms with Crippen LogP contribution in [0.2, 0.25) is 0 Å². The SMILES string of the molecule is O=C(O)c1ccc(OCCOc2ccc(Nc3ccc(F)cc3)cc2)cc1. The first-order chi connectivity index (χ1) is 13.1. The summed E-state index contributed by atoms with van der Waals surface area (Å²) in [6.07, 6.45) is 0. The molecule has 0 heterocycles. The maximum atomic E-state index is 12.9. The van der Waals surface area contributed by atoms with Crippen molar-refractivity contribution in [1.82, 2.24) is 0 Å². The van der Waals surface area contributed by atoms with Gasteiger partial charge in [-0.05, 0) is 72.8 Å². The number of benzene rings is 3. The molecule has 0 aromatic heterocycles. The van der Waals surface area contributed by atoms with Crippen LogP contribution in [0.15, 0.2) is 72.8 Å². The summed E-state index contributed by atoms with van der Waals surface area (Å²) >= 11 is 0. The predicted octanol–water partition coefficient (Wildman–Crippen LogP) is 4.73. The van der Waals surface area contributed by atoms with E-state index in [4.69, 9.17) is 14.6 Å². The third-order valence-corrected chi connectivity index (χ3v) is 3.71. The Morgan fingerprint density at radius 1 is 0.778 bits per heavy atom. The summed E-state index contributed by atoms with van der Waals surface area (Å²) in [4.78, 5) is 10.8. The molecule has 0 radical (unpaired) electrons. The van der Waals surface area contributed by atoms with E-state index in [9.17, 15) is 9.18 Å². The molecule has 6 heteroatoms. The fourth-order valence-electron chi connectivity index (χ4n) is 2.35.